The van der Waals surface area contributed by atoms with Crippen LogP contribution in [0.2, 0.25) is 6.82 Å². The molecule has 0 aromatic heterocycles. The summed E-state index contributed by atoms with van der Waals surface area (Å²) in [5.41, 5.74) is 3.47. The molecule has 1 aromatic rings. The lowest BCUT2D eigenvalue weighted by Gasteiger charge is -2.19. The summed E-state index contributed by atoms with van der Waals surface area (Å²) in [5, 5.41) is 21.1. The molecule has 0 radical (unpaired) electrons. The number of aryl methyl sites for hydroxylation is 2. The Morgan fingerprint density at radius 1 is 1.50 bits per heavy atom. The molecule has 0 spiro atoms. The SMILES string of the molecule is COC(=O)[C@H](Cc1c(C)cc(C#N)cc1C)NB(C)O. The van der Waals surface area contributed by atoms with Gasteiger partial charge in [-0.05, 0) is 55.9 Å². The largest absolute Gasteiger partial charge is 0.468 e. The number of ether oxygens (including phenoxy) is 1. The minimum absolute atomic E-state index is 0.404. The van der Waals surface area contributed by atoms with Gasteiger partial charge >= 0.3 is 13.0 Å². The quantitative estimate of drug-likeness (QED) is 0.617. The molecule has 0 aliphatic carbocycles. The highest BCUT2D eigenvalue weighted by Gasteiger charge is 2.23. The van der Waals surface area contributed by atoms with Gasteiger partial charge in [0.1, 0.15) is 6.04 Å². The Bertz CT molecular complexity index is 515. The monoisotopic (exact) mass is 274 g/mol. The number of carbonyl (C=O) groups excluding carboxylic acids is 1. The molecule has 0 aliphatic heterocycles. The van der Waals surface area contributed by atoms with E-state index >= 15 is 0 Å². The van der Waals surface area contributed by atoms with Crippen LogP contribution in [0.1, 0.15) is 22.3 Å². The minimum atomic E-state index is -0.807. The van der Waals surface area contributed by atoms with Crippen LogP contribution in [0.25, 0.3) is 0 Å². The lowest BCUT2D eigenvalue weighted by molar-refractivity contribution is -0.142. The summed E-state index contributed by atoms with van der Waals surface area (Å²) in [6.45, 7) is 5.36. The van der Waals surface area contributed by atoms with Crippen molar-refractivity contribution in [1.82, 2.24) is 5.23 Å². The normalized spacial score (nSPS) is 11.6. The molecule has 0 bridgehead atoms. The maximum atomic E-state index is 11.7. The van der Waals surface area contributed by atoms with E-state index in [1.54, 1.807) is 19.0 Å². The van der Waals surface area contributed by atoms with Crippen molar-refractivity contribution < 1.29 is 14.6 Å². The van der Waals surface area contributed by atoms with Crippen molar-refractivity contribution in [3.8, 4) is 6.07 Å². The van der Waals surface area contributed by atoms with Crippen molar-refractivity contribution in [2.24, 2.45) is 0 Å². The van der Waals surface area contributed by atoms with Crippen LogP contribution in [0.4, 0.5) is 0 Å². The minimum Gasteiger partial charge on any atom is -0.468 e. The smallest absolute Gasteiger partial charge is 0.374 e. The summed E-state index contributed by atoms with van der Waals surface area (Å²) in [5.74, 6) is -0.422. The molecule has 5 nitrogen and oxygen atoms in total. The van der Waals surface area contributed by atoms with Gasteiger partial charge in [0, 0.05) is 0 Å². The van der Waals surface area contributed by atoms with Gasteiger partial charge in [0.15, 0.2) is 0 Å². The fourth-order valence-corrected chi connectivity index (χ4v) is 2.23. The molecule has 106 valence electrons. The zero-order valence-corrected chi connectivity index (χ0v) is 12.2. The van der Waals surface area contributed by atoms with Crippen LogP contribution in [0.5, 0.6) is 0 Å². The van der Waals surface area contributed by atoms with Gasteiger partial charge in [-0.3, -0.25) is 4.79 Å². The number of methoxy groups -OCH3 is 1. The van der Waals surface area contributed by atoms with E-state index in [4.69, 9.17) is 10.00 Å². The van der Waals surface area contributed by atoms with Gasteiger partial charge in [-0.15, -0.1) is 0 Å². The highest BCUT2D eigenvalue weighted by Crippen LogP contribution is 2.18. The van der Waals surface area contributed by atoms with Crippen molar-refractivity contribution in [1.29, 1.82) is 5.26 Å². The summed E-state index contributed by atoms with van der Waals surface area (Å²) in [6.07, 6.45) is 0.404. The Hall–Kier alpha value is -1.84. The van der Waals surface area contributed by atoms with E-state index in [0.717, 1.165) is 16.7 Å². The highest BCUT2D eigenvalue weighted by atomic mass is 16.5. The van der Waals surface area contributed by atoms with E-state index in [2.05, 4.69) is 11.3 Å². The molecule has 0 amide bonds. The van der Waals surface area contributed by atoms with Crippen LogP contribution in [0, 0.1) is 25.2 Å². The molecule has 1 aromatic carbocycles. The van der Waals surface area contributed by atoms with Gasteiger partial charge in [-0.25, -0.2) is 0 Å². The molecule has 0 unspecified atom stereocenters. The second-order valence-corrected chi connectivity index (χ2v) is 4.82. The molecule has 0 aliphatic rings. The molecular weight excluding hydrogens is 255 g/mol. The van der Waals surface area contributed by atoms with Gasteiger partial charge in [-0.2, -0.15) is 5.26 Å². The van der Waals surface area contributed by atoms with Gasteiger partial charge in [0.05, 0.1) is 18.7 Å². The second-order valence-electron chi connectivity index (χ2n) is 4.82. The number of benzene rings is 1. The van der Waals surface area contributed by atoms with Crippen molar-refractivity contribution in [3.63, 3.8) is 0 Å². The Balaban J connectivity index is 3.05. The standard InChI is InChI=1S/C14H19BN2O3/c1-9-5-11(8-16)6-10(2)12(9)7-13(14(18)20-4)17-15(3)19/h5-6,13,17,19H,7H2,1-4H3/t13-/m0/s1. The Morgan fingerprint density at radius 3 is 2.45 bits per heavy atom. The molecule has 2 N–H and O–H groups in total. The molecule has 1 atom stereocenters. The van der Waals surface area contributed by atoms with Crippen LogP contribution in [0.15, 0.2) is 12.1 Å². The molecule has 0 saturated carbocycles. The summed E-state index contributed by atoms with van der Waals surface area (Å²) < 4.78 is 4.75. The molecule has 0 fully saturated rings. The maximum Gasteiger partial charge on any atom is 0.374 e. The third-order valence-electron chi connectivity index (χ3n) is 3.16. The number of carbonyl (C=O) groups is 1. The third-order valence-corrected chi connectivity index (χ3v) is 3.16. The maximum absolute atomic E-state index is 11.7. The van der Waals surface area contributed by atoms with Crippen LogP contribution in [-0.4, -0.2) is 31.2 Å². The number of esters is 1. The lowest BCUT2D eigenvalue weighted by atomic mass is 9.85. The number of hydrogen-bond donors (Lipinski definition) is 2. The third kappa shape index (κ3) is 4.09. The fraction of sp³-hybridized carbons (Fsp3) is 0.429. The van der Waals surface area contributed by atoms with Gasteiger partial charge < -0.3 is 15.0 Å². The molecular formula is C14H19BN2O3. The van der Waals surface area contributed by atoms with Crippen LogP contribution in [-0.2, 0) is 16.0 Å². The average molecular weight is 274 g/mol. The van der Waals surface area contributed by atoms with Crippen molar-refractivity contribution >= 4 is 13.0 Å². The second kappa shape index (κ2) is 7.08. The van der Waals surface area contributed by atoms with E-state index in [0.29, 0.717) is 12.0 Å². The summed E-state index contributed by atoms with van der Waals surface area (Å²) >= 11 is 0. The molecule has 6 heteroatoms. The zero-order valence-electron chi connectivity index (χ0n) is 12.2. The number of hydrogen-bond acceptors (Lipinski definition) is 5. The van der Waals surface area contributed by atoms with Crippen molar-refractivity contribution in [2.75, 3.05) is 7.11 Å². The van der Waals surface area contributed by atoms with Crippen molar-refractivity contribution in [2.45, 2.75) is 33.1 Å². The first-order valence-corrected chi connectivity index (χ1v) is 6.41. The van der Waals surface area contributed by atoms with E-state index < -0.39 is 19.1 Å². The Kier molecular flexibility index (Phi) is 5.74. The van der Waals surface area contributed by atoms with Crippen LogP contribution < -0.4 is 5.23 Å². The number of nitrogens with one attached hydrogen (secondary N) is 1. The summed E-state index contributed by atoms with van der Waals surface area (Å²) in [4.78, 5) is 11.7. The molecule has 1 rings (SSSR count). The van der Waals surface area contributed by atoms with Crippen molar-refractivity contribution in [3.05, 3.63) is 34.4 Å². The first-order chi connectivity index (χ1) is 9.38. The van der Waals surface area contributed by atoms with E-state index in [-0.39, 0.29) is 0 Å². The van der Waals surface area contributed by atoms with Gasteiger partial charge in [-0.1, -0.05) is 0 Å². The Labute approximate surface area is 119 Å². The number of rotatable bonds is 5. The summed E-state index contributed by atoms with van der Waals surface area (Å²) in [6, 6.07) is 5.07. The zero-order chi connectivity index (χ0) is 15.3. The first kappa shape index (κ1) is 16.2. The topological polar surface area (TPSA) is 82.4 Å². The average Bonchev–Trinajstić information content (AvgIpc) is 2.39. The first-order valence-electron chi connectivity index (χ1n) is 6.41. The van der Waals surface area contributed by atoms with Crippen LogP contribution >= 0.6 is 0 Å². The van der Waals surface area contributed by atoms with E-state index in [1.165, 1.54) is 7.11 Å². The molecule has 20 heavy (non-hydrogen) atoms. The van der Waals surface area contributed by atoms with Gasteiger partial charge in [0.25, 0.3) is 0 Å². The highest BCUT2D eigenvalue weighted by molar-refractivity contribution is 6.46. The van der Waals surface area contributed by atoms with Crippen LogP contribution in [0.3, 0.4) is 0 Å². The predicted molar refractivity (Wildman–Crippen MR) is 77.1 cm³/mol. The van der Waals surface area contributed by atoms with E-state index in [9.17, 15) is 9.82 Å². The lowest BCUT2D eigenvalue weighted by Crippen LogP contribution is -2.46. The molecule has 0 heterocycles. The number of nitriles is 1. The predicted octanol–water partition coefficient (Wildman–Crippen LogP) is 0.959. The summed E-state index contributed by atoms with van der Waals surface area (Å²) in [7, 11) is 0.510. The Morgan fingerprint density at radius 2 is 2.05 bits per heavy atom. The van der Waals surface area contributed by atoms with Gasteiger partial charge in [0.2, 0.25) is 0 Å². The van der Waals surface area contributed by atoms with E-state index in [1.807, 2.05) is 13.8 Å². The fourth-order valence-electron chi connectivity index (χ4n) is 2.23. The number of nitrogens with zero attached hydrogens (tertiary/aromatic N) is 1. The molecule has 0 saturated heterocycles.